The predicted octanol–water partition coefficient (Wildman–Crippen LogP) is 1.65. The molecule has 2 N–H and O–H groups in total. The Labute approximate surface area is 105 Å². The molecule has 0 aliphatic heterocycles. The van der Waals surface area contributed by atoms with Gasteiger partial charge in [-0.1, -0.05) is 18.2 Å². The predicted molar refractivity (Wildman–Crippen MR) is 67.0 cm³/mol. The molecule has 0 bridgehead atoms. The zero-order valence-electron chi connectivity index (χ0n) is 10.3. The van der Waals surface area contributed by atoms with Gasteiger partial charge in [-0.2, -0.15) is 0 Å². The number of nitrogens with one attached hydrogen (secondary N) is 1. The summed E-state index contributed by atoms with van der Waals surface area (Å²) in [5, 5.41) is 11.2. The van der Waals surface area contributed by atoms with Crippen LogP contribution in [0.25, 0.3) is 6.08 Å². The van der Waals surface area contributed by atoms with E-state index in [1.165, 1.54) is 13.0 Å². The number of rotatable bonds is 5. The number of para-hydroxylation sites is 1. The van der Waals surface area contributed by atoms with Crippen LogP contribution in [0, 0.1) is 0 Å². The van der Waals surface area contributed by atoms with Gasteiger partial charge in [-0.15, -0.1) is 0 Å². The first kappa shape index (κ1) is 13.8. The molecule has 5 heteroatoms. The molecule has 1 aromatic rings. The highest BCUT2D eigenvalue weighted by molar-refractivity contribution is 5.96. The number of carboxylic acid groups (broad SMARTS) is 1. The van der Waals surface area contributed by atoms with Gasteiger partial charge in [0.1, 0.15) is 11.4 Å². The topological polar surface area (TPSA) is 75.6 Å². The third-order valence-electron chi connectivity index (χ3n) is 2.06. The summed E-state index contributed by atoms with van der Waals surface area (Å²) in [5.41, 5.74) is 0.417. The summed E-state index contributed by atoms with van der Waals surface area (Å²) < 4.78 is 5.37. The van der Waals surface area contributed by atoms with Crippen LogP contribution < -0.4 is 10.1 Å². The van der Waals surface area contributed by atoms with E-state index < -0.39 is 11.9 Å². The third kappa shape index (κ3) is 3.93. The highest BCUT2D eigenvalue weighted by Gasteiger charge is 2.10. The number of benzene rings is 1. The molecular weight excluding hydrogens is 234 g/mol. The van der Waals surface area contributed by atoms with E-state index in [9.17, 15) is 9.59 Å². The zero-order valence-corrected chi connectivity index (χ0v) is 10.3. The minimum atomic E-state index is -1.20. The van der Waals surface area contributed by atoms with Crippen molar-refractivity contribution in [1.82, 2.24) is 5.32 Å². The van der Waals surface area contributed by atoms with Gasteiger partial charge < -0.3 is 15.2 Å². The number of hydrogen-bond donors (Lipinski definition) is 2. The molecule has 0 saturated carbocycles. The maximum absolute atomic E-state index is 11.0. The Balaban J connectivity index is 3.10. The maximum Gasteiger partial charge on any atom is 0.352 e. The van der Waals surface area contributed by atoms with E-state index in [-0.39, 0.29) is 5.70 Å². The zero-order chi connectivity index (χ0) is 13.5. The van der Waals surface area contributed by atoms with Crippen LogP contribution >= 0.6 is 0 Å². The SMILES string of the molecule is CCOc1ccccc1/C=C(\NC(C)=O)C(=O)O. The van der Waals surface area contributed by atoms with E-state index in [0.29, 0.717) is 17.9 Å². The lowest BCUT2D eigenvalue weighted by atomic mass is 10.1. The van der Waals surface area contributed by atoms with Crippen LogP contribution in [0.2, 0.25) is 0 Å². The van der Waals surface area contributed by atoms with Gasteiger partial charge in [0.25, 0.3) is 0 Å². The Bertz CT molecular complexity index is 480. The van der Waals surface area contributed by atoms with Crippen molar-refractivity contribution in [3.05, 3.63) is 35.5 Å². The van der Waals surface area contributed by atoms with Crippen LogP contribution in [0.3, 0.4) is 0 Å². The Kier molecular flexibility index (Phi) is 4.92. The number of carbonyl (C=O) groups is 2. The molecule has 1 amide bonds. The summed E-state index contributed by atoms with van der Waals surface area (Å²) in [6.07, 6.45) is 1.37. The fourth-order valence-electron chi connectivity index (χ4n) is 1.38. The summed E-state index contributed by atoms with van der Waals surface area (Å²) >= 11 is 0. The van der Waals surface area contributed by atoms with Crippen molar-refractivity contribution < 1.29 is 19.4 Å². The molecule has 1 aromatic carbocycles. The summed E-state index contributed by atoms with van der Waals surface area (Å²) in [6.45, 7) is 3.57. The number of aliphatic carboxylic acids is 1. The lowest BCUT2D eigenvalue weighted by Gasteiger charge is -2.08. The fourth-order valence-corrected chi connectivity index (χ4v) is 1.38. The Hall–Kier alpha value is -2.30. The van der Waals surface area contributed by atoms with Crippen molar-refractivity contribution in [2.24, 2.45) is 0 Å². The molecule has 0 aliphatic carbocycles. The van der Waals surface area contributed by atoms with Crippen LogP contribution in [0.15, 0.2) is 30.0 Å². The van der Waals surface area contributed by atoms with Crippen molar-refractivity contribution >= 4 is 18.0 Å². The van der Waals surface area contributed by atoms with Gasteiger partial charge in [0.05, 0.1) is 6.61 Å². The van der Waals surface area contributed by atoms with Gasteiger partial charge in [0, 0.05) is 12.5 Å². The van der Waals surface area contributed by atoms with Crippen LogP contribution in [-0.2, 0) is 9.59 Å². The summed E-state index contributed by atoms with van der Waals surface area (Å²) in [5.74, 6) is -1.06. The number of ether oxygens (including phenoxy) is 1. The van der Waals surface area contributed by atoms with Crippen molar-refractivity contribution in [2.75, 3.05) is 6.61 Å². The second-order valence-corrected chi connectivity index (χ2v) is 3.52. The average molecular weight is 249 g/mol. The summed E-state index contributed by atoms with van der Waals surface area (Å²) in [7, 11) is 0. The maximum atomic E-state index is 11.0. The van der Waals surface area contributed by atoms with Gasteiger partial charge in [-0.25, -0.2) is 4.79 Å². The molecule has 96 valence electrons. The van der Waals surface area contributed by atoms with E-state index >= 15 is 0 Å². The third-order valence-corrected chi connectivity index (χ3v) is 2.06. The molecule has 0 unspecified atom stereocenters. The van der Waals surface area contributed by atoms with Crippen LogP contribution in [-0.4, -0.2) is 23.6 Å². The number of hydrogen-bond acceptors (Lipinski definition) is 3. The van der Waals surface area contributed by atoms with Gasteiger partial charge in [-0.05, 0) is 19.1 Å². The second kappa shape index (κ2) is 6.44. The molecule has 0 atom stereocenters. The van der Waals surface area contributed by atoms with Crippen molar-refractivity contribution in [3.63, 3.8) is 0 Å². The van der Waals surface area contributed by atoms with Crippen LogP contribution in [0.4, 0.5) is 0 Å². The first-order valence-corrected chi connectivity index (χ1v) is 5.49. The molecule has 0 saturated heterocycles. The largest absolute Gasteiger partial charge is 0.493 e. The van der Waals surface area contributed by atoms with Crippen molar-refractivity contribution in [3.8, 4) is 5.75 Å². The molecule has 1 rings (SSSR count). The molecule has 0 fully saturated rings. The van der Waals surface area contributed by atoms with Gasteiger partial charge in [-0.3, -0.25) is 4.79 Å². The highest BCUT2D eigenvalue weighted by atomic mass is 16.5. The second-order valence-electron chi connectivity index (χ2n) is 3.52. The number of amides is 1. The molecule has 0 radical (unpaired) electrons. The highest BCUT2D eigenvalue weighted by Crippen LogP contribution is 2.20. The smallest absolute Gasteiger partial charge is 0.352 e. The lowest BCUT2D eigenvalue weighted by molar-refractivity contribution is -0.134. The molecule has 0 aromatic heterocycles. The van der Waals surface area contributed by atoms with Crippen LogP contribution in [0.1, 0.15) is 19.4 Å². The van der Waals surface area contributed by atoms with E-state index in [2.05, 4.69) is 5.32 Å². The number of carbonyl (C=O) groups excluding carboxylic acids is 1. The monoisotopic (exact) mass is 249 g/mol. The van der Waals surface area contributed by atoms with E-state index in [0.717, 1.165) is 0 Å². The Morgan fingerprint density at radius 1 is 1.39 bits per heavy atom. The molecule has 0 heterocycles. The summed E-state index contributed by atoms with van der Waals surface area (Å²) in [6, 6.07) is 7.01. The van der Waals surface area contributed by atoms with Crippen molar-refractivity contribution in [2.45, 2.75) is 13.8 Å². The normalized spacial score (nSPS) is 10.9. The minimum Gasteiger partial charge on any atom is -0.493 e. The number of carboxylic acids is 1. The standard InChI is InChI=1S/C13H15NO4/c1-3-18-12-7-5-4-6-10(12)8-11(13(16)17)14-9(2)15/h4-8H,3H2,1-2H3,(H,14,15)(H,16,17)/b11-8-. The fraction of sp³-hybridized carbons (Fsp3) is 0.231. The first-order chi connectivity index (χ1) is 8.54. The molecule has 5 nitrogen and oxygen atoms in total. The lowest BCUT2D eigenvalue weighted by Crippen LogP contribution is -2.24. The van der Waals surface area contributed by atoms with E-state index in [4.69, 9.17) is 9.84 Å². The molecule has 0 spiro atoms. The first-order valence-electron chi connectivity index (χ1n) is 5.49. The molecular formula is C13H15NO4. The summed E-state index contributed by atoms with van der Waals surface area (Å²) in [4.78, 5) is 21.9. The molecule has 18 heavy (non-hydrogen) atoms. The Morgan fingerprint density at radius 3 is 2.61 bits per heavy atom. The van der Waals surface area contributed by atoms with Crippen LogP contribution in [0.5, 0.6) is 5.75 Å². The minimum absolute atomic E-state index is 0.186. The van der Waals surface area contributed by atoms with E-state index in [1.807, 2.05) is 6.92 Å². The molecule has 0 aliphatic rings. The van der Waals surface area contributed by atoms with Crippen molar-refractivity contribution in [1.29, 1.82) is 0 Å². The van der Waals surface area contributed by atoms with Gasteiger partial charge in [0.2, 0.25) is 5.91 Å². The average Bonchev–Trinajstić information content (AvgIpc) is 2.30. The Morgan fingerprint density at radius 2 is 2.06 bits per heavy atom. The van der Waals surface area contributed by atoms with E-state index in [1.54, 1.807) is 24.3 Å². The quantitative estimate of drug-likeness (QED) is 0.778. The van der Waals surface area contributed by atoms with Gasteiger partial charge in [0.15, 0.2) is 0 Å². The van der Waals surface area contributed by atoms with Gasteiger partial charge >= 0.3 is 5.97 Å².